The first kappa shape index (κ1) is 12.2. The summed E-state index contributed by atoms with van der Waals surface area (Å²) >= 11 is 3.15. The van der Waals surface area contributed by atoms with Crippen molar-refractivity contribution < 1.29 is 9.60 Å². The molecule has 3 N–H and O–H groups in total. The number of nitrogens with two attached hydrogens (primary N) is 1. The highest BCUT2D eigenvalue weighted by Gasteiger charge is 2.20. The lowest BCUT2D eigenvalue weighted by molar-refractivity contribution is 0.318. The van der Waals surface area contributed by atoms with Crippen LogP contribution in [0.25, 0.3) is 0 Å². The first-order valence-corrected chi connectivity index (χ1v) is 6.15. The van der Waals surface area contributed by atoms with Crippen molar-refractivity contribution >= 4 is 27.5 Å². The second kappa shape index (κ2) is 4.91. The van der Waals surface area contributed by atoms with E-state index in [1.54, 1.807) is 12.1 Å². The van der Waals surface area contributed by atoms with Crippen molar-refractivity contribution in [3.05, 3.63) is 28.0 Å². The van der Waals surface area contributed by atoms with Crippen LogP contribution >= 0.6 is 15.9 Å². The smallest absolute Gasteiger partial charge is 0.171 e. The zero-order valence-electron chi connectivity index (χ0n) is 9.16. The second-order valence-electron chi connectivity index (χ2n) is 3.94. The molecule has 0 aromatic heterocycles. The van der Waals surface area contributed by atoms with Crippen LogP contribution in [-0.2, 0) is 0 Å². The van der Waals surface area contributed by atoms with E-state index < -0.39 is 0 Å². The minimum atomic E-state index is -0.365. The molecule has 1 aromatic rings. The first-order valence-electron chi connectivity index (χ1n) is 5.36. The number of amidine groups is 1. The van der Waals surface area contributed by atoms with E-state index in [1.165, 1.54) is 0 Å². The molecule has 0 aliphatic carbocycles. The molecule has 6 heteroatoms. The predicted molar refractivity (Wildman–Crippen MR) is 68.1 cm³/mol. The molecule has 1 aliphatic rings. The van der Waals surface area contributed by atoms with E-state index in [9.17, 15) is 4.39 Å². The van der Waals surface area contributed by atoms with Crippen LogP contribution in [0.2, 0.25) is 0 Å². The van der Waals surface area contributed by atoms with Gasteiger partial charge in [0, 0.05) is 18.7 Å². The third-order valence-electron chi connectivity index (χ3n) is 2.89. The van der Waals surface area contributed by atoms with Crippen LogP contribution in [0, 0.1) is 5.82 Å². The predicted octanol–water partition coefficient (Wildman–Crippen LogP) is 2.28. The molecule has 0 amide bonds. The van der Waals surface area contributed by atoms with Crippen molar-refractivity contribution in [2.75, 3.05) is 18.0 Å². The molecule has 17 heavy (non-hydrogen) atoms. The molecule has 1 aliphatic heterocycles. The van der Waals surface area contributed by atoms with E-state index in [-0.39, 0.29) is 16.1 Å². The zero-order valence-corrected chi connectivity index (χ0v) is 10.7. The molecular weight excluding hydrogens is 289 g/mol. The molecule has 1 saturated heterocycles. The maximum atomic E-state index is 14.1. The lowest BCUT2D eigenvalue weighted by Gasteiger charge is -2.19. The lowest BCUT2D eigenvalue weighted by atomic mass is 10.1. The number of hydrogen-bond acceptors (Lipinski definition) is 3. The van der Waals surface area contributed by atoms with Crippen molar-refractivity contribution in [3.63, 3.8) is 0 Å². The summed E-state index contributed by atoms with van der Waals surface area (Å²) in [5.74, 6) is -0.472. The van der Waals surface area contributed by atoms with Crippen LogP contribution < -0.4 is 10.6 Å². The van der Waals surface area contributed by atoms with Crippen LogP contribution in [0.1, 0.15) is 18.4 Å². The summed E-state index contributed by atoms with van der Waals surface area (Å²) in [5, 5.41) is 11.5. The van der Waals surface area contributed by atoms with E-state index in [1.807, 2.05) is 4.90 Å². The molecule has 0 radical (unpaired) electrons. The lowest BCUT2D eigenvalue weighted by Crippen LogP contribution is -2.20. The minimum absolute atomic E-state index is 0.108. The number of anilines is 1. The Morgan fingerprint density at radius 1 is 1.41 bits per heavy atom. The second-order valence-corrected chi connectivity index (χ2v) is 4.73. The number of oxime groups is 1. The van der Waals surface area contributed by atoms with Crippen molar-refractivity contribution in [3.8, 4) is 0 Å². The monoisotopic (exact) mass is 301 g/mol. The third-order valence-corrected chi connectivity index (χ3v) is 3.67. The van der Waals surface area contributed by atoms with Crippen LogP contribution in [0.3, 0.4) is 0 Å². The Labute approximate surface area is 107 Å². The summed E-state index contributed by atoms with van der Waals surface area (Å²) in [4.78, 5) is 2.00. The Morgan fingerprint density at radius 3 is 2.65 bits per heavy atom. The standard InChI is InChI=1S/C11H13BrFN3O/c12-9-7(11(14)15-17)3-4-8(10(9)13)16-5-1-2-6-16/h3-4,17H,1-2,5-6H2,(H2,14,15). The van der Waals surface area contributed by atoms with Crippen molar-refractivity contribution in [1.82, 2.24) is 0 Å². The van der Waals surface area contributed by atoms with Gasteiger partial charge in [-0.2, -0.15) is 0 Å². The van der Waals surface area contributed by atoms with E-state index >= 15 is 0 Å². The highest BCUT2D eigenvalue weighted by atomic mass is 79.9. The number of nitrogens with zero attached hydrogens (tertiary/aromatic N) is 2. The molecule has 2 rings (SSSR count). The maximum absolute atomic E-state index is 14.1. The number of benzene rings is 1. The molecule has 0 saturated carbocycles. The van der Waals surface area contributed by atoms with Gasteiger partial charge in [-0.25, -0.2) is 4.39 Å². The Morgan fingerprint density at radius 2 is 2.06 bits per heavy atom. The SMILES string of the molecule is N/C(=N/O)c1ccc(N2CCCC2)c(F)c1Br. The highest BCUT2D eigenvalue weighted by Crippen LogP contribution is 2.31. The van der Waals surface area contributed by atoms with Crippen molar-refractivity contribution in [2.24, 2.45) is 10.9 Å². The normalized spacial score (nSPS) is 16.6. The van der Waals surface area contributed by atoms with E-state index in [0.29, 0.717) is 11.3 Å². The van der Waals surface area contributed by atoms with Gasteiger partial charge in [0.25, 0.3) is 0 Å². The number of hydrogen-bond donors (Lipinski definition) is 2. The van der Waals surface area contributed by atoms with Crippen LogP contribution in [0.5, 0.6) is 0 Å². The van der Waals surface area contributed by atoms with E-state index in [0.717, 1.165) is 25.9 Å². The molecule has 92 valence electrons. The Kier molecular flexibility index (Phi) is 3.51. The summed E-state index contributed by atoms with van der Waals surface area (Å²) < 4.78 is 14.4. The molecule has 1 fully saturated rings. The van der Waals surface area contributed by atoms with Crippen molar-refractivity contribution in [1.29, 1.82) is 0 Å². The van der Waals surface area contributed by atoms with Crippen LogP contribution in [0.15, 0.2) is 21.8 Å². The maximum Gasteiger partial charge on any atom is 0.171 e. The van der Waals surface area contributed by atoms with Gasteiger partial charge in [0.1, 0.15) is 0 Å². The number of halogens is 2. The quantitative estimate of drug-likeness (QED) is 0.381. The van der Waals surface area contributed by atoms with Gasteiger partial charge in [-0.1, -0.05) is 5.16 Å². The van der Waals surface area contributed by atoms with Gasteiger partial charge in [-0.3, -0.25) is 0 Å². The Hall–Kier alpha value is -1.30. The molecule has 0 spiro atoms. The fourth-order valence-corrected chi connectivity index (χ4v) is 2.53. The molecule has 0 bridgehead atoms. The topological polar surface area (TPSA) is 61.9 Å². The zero-order chi connectivity index (χ0) is 12.4. The number of rotatable bonds is 2. The average molecular weight is 302 g/mol. The first-order chi connectivity index (χ1) is 8.15. The van der Waals surface area contributed by atoms with Gasteiger partial charge in [-0.15, -0.1) is 0 Å². The van der Waals surface area contributed by atoms with E-state index in [4.69, 9.17) is 10.9 Å². The van der Waals surface area contributed by atoms with Gasteiger partial charge in [0.05, 0.1) is 10.2 Å². The molecule has 0 unspecified atom stereocenters. The largest absolute Gasteiger partial charge is 0.409 e. The van der Waals surface area contributed by atoms with Gasteiger partial charge >= 0.3 is 0 Å². The molecule has 4 nitrogen and oxygen atoms in total. The molecule has 1 heterocycles. The van der Waals surface area contributed by atoms with Gasteiger partial charge in [0.2, 0.25) is 0 Å². The Balaban J connectivity index is 2.41. The van der Waals surface area contributed by atoms with Crippen molar-refractivity contribution in [2.45, 2.75) is 12.8 Å². The summed E-state index contributed by atoms with van der Waals surface area (Å²) in [6.07, 6.45) is 2.16. The summed E-state index contributed by atoms with van der Waals surface area (Å²) in [7, 11) is 0. The molecule has 0 atom stereocenters. The average Bonchev–Trinajstić information content (AvgIpc) is 2.85. The third kappa shape index (κ3) is 2.22. The van der Waals surface area contributed by atoms with Gasteiger partial charge in [0.15, 0.2) is 11.7 Å². The molecule has 1 aromatic carbocycles. The fraction of sp³-hybridized carbons (Fsp3) is 0.364. The van der Waals surface area contributed by atoms with E-state index in [2.05, 4.69) is 21.1 Å². The summed E-state index contributed by atoms with van der Waals surface area (Å²) in [5.41, 5.74) is 6.37. The summed E-state index contributed by atoms with van der Waals surface area (Å²) in [6.45, 7) is 1.73. The van der Waals surface area contributed by atoms with Crippen LogP contribution in [0.4, 0.5) is 10.1 Å². The molecular formula is C11H13BrFN3O. The van der Waals surface area contributed by atoms with Gasteiger partial charge in [-0.05, 0) is 40.9 Å². The minimum Gasteiger partial charge on any atom is -0.409 e. The fourth-order valence-electron chi connectivity index (χ4n) is 1.99. The Bertz CT molecular complexity index is 458. The van der Waals surface area contributed by atoms with Gasteiger partial charge < -0.3 is 15.8 Å². The highest BCUT2D eigenvalue weighted by molar-refractivity contribution is 9.10. The van der Waals surface area contributed by atoms with Crippen LogP contribution in [-0.4, -0.2) is 24.1 Å². The summed E-state index contributed by atoms with van der Waals surface area (Å²) in [6, 6.07) is 3.31.